The summed E-state index contributed by atoms with van der Waals surface area (Å²) in [4.78, 5) is 15.6. The van der Waals surface area contributed by atoms with Crippen molar-refractivity contribution in [1.29, 1.82) is 0 Å². The van der Waals surface area contributed by atoms with Gasteiger partial charge in [-0.15, -0.1) is 0 Å². The van der Waals surface area contributed by atoms with E-state index in [-0.39, 0.29) is 47.0 Å². The van der Waals surface area contributed by atoms with Gasteiger partial charge in [0.1, 0.15) is 5.75 Å². The number of phenolic OH excluding ortho intramolecular Hbond substituents is 1. The number of phenols is 1. The molecule has 1 aromatic carbocycles. The van der Waals surface area contributed by atoms with Gasteiger partial charge >= 0.3 is 29.6 Å². The van der Waals surface area contributed by atoms with Crippen molar-refractivity contribution in [3.05, 3.63) is 47.6 Å². The number of rotatable bonds is 2. The molecule has 0 fully saturated rings. The number of nitrogens with zero attached hydrogens (tertiary/aromatic N) is 1. The number of aryl methyl sites for hydroxylation is 1. The van der Waals surface area contributed by atoms with Crippen molar-refractivity contribution >= 4 is 17.2 Å². The largest absolute Gasteiger partial charge is 1.00 e. The van der Waals surface area contributed by atoms with Crippen LogP contribution in [0.3, 0.4) is 0 Å². The van der Waals surface area contributed by atoms with E-state index in [9.17, 15) is 9.90 Å². The summed E-state index contributed by atoms with van der Waals surface area (Å²) in [5, 5.41) is 9.79. The molecule has 3 nitrogen and oxygen atoms in total. The van der Waals surface area contributed by atoms with Crippen LogP contribution in [-0.2, 0) is 4.79 Å². The average Bonchev–Trinajstić information content (AvgIpc) is 2.36. The Morgan fingerprint density at radius 2 is 1.70 bits per heavy atom. The Balaban J connectivity index is 0.00000200. The summed E-state index contributed by atoms with van der Waals surface area (Å²) in [6.45, 7) is 5.97. The fraction of sp³-hybridized carbons (Fsp3) is 0.250. The molecule has 0 radical (unpaired) electrons. The van der Waals surface area contributed by atoms with Crippen molar-refractivity contribution < 1.29 is 39.5 Å². The van der Waals surface area contributed by atoms with Gasteiger partial charge in [0.05, 0.1) is 11.4 Å². The van der Waals surface area contributed by atoms with Crippen molar-refractivity contribution in [2.75, 3.05) is 0 Å². The first-order chi connectivity index (χ1) is 8.97. The van der Waals surface area contributed by atoms with E-state index in [1.54, 1.807) is 18.2 Å². The Labute approximate surface area is 141 Å². The number of aromatic hydroxyl groups is 1. The normalized spacial score (nSPS) is 13.6. The molecule has 0 amide bonds. The number of hydrogen-bond acceptors (Lipinski definition) is 3. The number of aliphatic imine (C=N–C) groups is 1. The molecule has 0 aliphatic heterocycles. The van der Waals surface area contributed by atoms with Crippen LogP contribution in [0.15, 0.2) is 41.4 Å². The van der Waals surface area contributed by atoms with Gasteiger partial charge in [0.25, 0.3) is 0 Å². The van der Waals surface area contributed by atoms with E-state index in [2.05, 4.69) is 18.8 Å². The zero-order valence-electron chi connectivity index (χ0n) is 12.3. The third-order valence-corrected chi connectivity index (χ3v) is 3.05. The quantitative estimate of drug-likeness (QED) is 0.636. The first-order valence-corrected chi connectivity index (χ1v) is 6.29. The van der Waals surface area contributed by atoms with Crippen LogP contribution in [0.5, 0.6) is 5.75 Å². The number of hydrogen-bond donors (Lipinski definition) is 1. The Morgan fingerprint density at radius 3 is 2.25 bits per heavy atom. The third kappa shape index (κ3) is 3.92. The predicted molar refractivity (Wildman–Crippen MR) is 77.3 cm³/mol. The molecular formula is C16H17NNaO2+. The van der Waals surface area contributed by atoms with Gasteiger partial charge in [-0.3, -0.25) is 4.79 Å². The standard InChI is InChI=1S/C16H17NO2.Na/c1-10(2)14-9-16(19)11(3)8-15(14)17-12-4-6-13(18)7-5-12;/h4-10,19H,1-3H3;/q;+1. The molecule has 0 heterocycles. The summed E-state index contributed by atoms with van der Waals surface area (Å²) in [6.07, 6.45) is 6.41. The molecule has 20 heavy (non-hydrogen) atoms. The van der Waals surface area contributed by atoms with Crippen LogP contribution >= 0.6 is 0 Å². The monoisotopic (exact) mass is 278 g/mol. The molecule has 98 valence electrons. The molecule has 1 aliphatic rings. The smallest absolute Gasteiger partial charge is 0.508 e. The maximum atomic E-state index is 11.1. The Hall–Kier alpha value is -1.16. The molecule has 1 aliphatic carbocycles. The van der Waals surface area contributed by atoms with E-state index in [4.69, 9.17) is 0 Å². The van der Waals surface area contributed by atoms with Crippen LogP contribution in [0.25, 0.3) is 0 Å². The van der Waals surface area contributed by atoms with Gasteiger partial charge in [-0.1, -0.05) is 13.8 Å². The molecule has 0 aromatic heterocycles. The van der Waals surface area contributed by atoms with E-state index in [1.165, 1.54) is 12.2 Å². The van der Waals surface area contributed by atoms with Crippen molar-refractivity contribution in [2.24, 2.45) is 4.99 Å². The first-order valence-electron chi connectivity index (χ1n) is 6.29. The second kappa shape index (κ2) is 7.02. The topological polar surface area (TPSA) is 49.7 Å². The summed E-state index contributed by atoms with van der Waals surface area (Å²) in [5.41, 5.74) is 3.37. The number of allylic oxidation sites excluding steroid dienone is 4. The van der Waals surface area contributed by atoms with E-state index >= 15 is 0 Å². The van der Waals surface area contributed by atoms with E-state index in [1.807, 2.05) is 13.0 Å². The second-order valence-electron chi connectivity index (χ2n) is 4.96. The number of benzene rings is 1. The molecule has 2 rings (SSSR count). The summed E-state index contributed by atoms with van der Waals surface area (Å²) >= 11 is 0. The van der Waals surface area contributed by atoms with Crippen molar-refractivity contribution in [3.63, 3.8) is 0 Å². The molecule has 0 bridgehead atoms. The average molecular weight is 278 g/mol. The van der Waals surface area contributed by atoms with Crippen LogP contribution in [0.2, 0.25) is 0 Å². The number of carbonyl (C=O) groups is 1. The summed E-state index contributed by atoms with van der Waals surface area (Å²) in [7, 11) is 0. The molecule has 0 saturated heterocycles. The summed E-state index contributed by atoms with van der Waals surface area (Å²) in [5.74, 6) is 0.534. The van der Waals surface area contributed by atoms with Gasteiger partial charge in [0, 0.05) is 0 Å². The minimum Gasteiger partial charge on any atom is -0.508 e. The zero-order valence-corrected chi connectivity index (χ0v) is 14.3. The Kier molecular flexibility index (Phi) is 5.93. The van der Waals surface area contributed by atoms with Crippen LogP contribution < -0.4 is 29.6 Å². The van der Waals surface area contributed by atoms with Gasteiger partial charge in [0.15, 0.2) is 5.78 Å². The molecule has 1 N–H and O–H groups in total. The molecule has 0 unspecified atom stereocenters. The van der Waals surface area contributed by atoms with E-state index in [0.29, 0.717) is 0 Å². The minimum absolute atomic E-state index is 0. The first kappa shape index (κ1) is 16.9. The fourth-order valence-corrected chi connectivity index (χ4v) is 1.92. The molecule has 0 atom stereocenters. The fourth-order valence-electron chi connectivity index (χ4n) is 1.92. The van der Waals surface area contributed by atoms with E-state index < -0.39 is 0 Å². The van der Waals surface area contributed by atoms with Gasteiger partial charge in [-0.2, -0.15) is 0 Å². The Morgan fingerprint density at radius 1 is 1.10 bits per heavy atom. The van der Waals surface area contributed by atoms with Crippen LogP contribution in [0, 0.1) is 6.92 Å². The summed E-state index contributed by atoms with van der Waals surface area (Å²) in [6, 6.07) is 3.64. The predicted octanol–water partition coefficient (Wildman–Crippen LogP) is 0.596. The number of carbonyl (C=O) groups excluding carboxylic acids is 1. The van der Waals surface area contributed by atoms with Gasteiger partial charge in [0.2, 0.25) is 0 Å². The zero-order chi connectivity index (χ0) is 14.0. The number of ketones is 1. The Bertz CT molecular complexity index is 595. The molecule has 1 aromatic rings. The van der Waals surface area contributed by atoms with Gasteiger partial charge in [-0.25, -0.2) is 4.99 Å². The van der Waals surface area contributed by atoms with Crippen molar-refractivity contribution in [2.45, 2.75) is 26.7 Å². The van der Waals surface area contributed by atoms with Crippen molar-refractivity contribution in [3.8, 4) is 5.75 Å². The summed E-state index contributed by atoms with van der Waals surface area (Å²) < 4.78 is 0. The van der Waals surface area contributed by atoms with Crippen LogP contribution in [-0.4, -0.2) is 16.6 Å². The molecular weight excluding hydrogens is 261 g/mol. The van der Waals surface area contributed by atoms with Gasteiger partial charge < -0.3 is 5.11 Å². The SMILES string of the molecule is Cc1cc(N=C2C=CC(=O)C=C2)c(C(C)C)cc1O.[Na+]. The molecule has 4 heteroatoms. The van der Waals surface area contributed by atoms with E-state index in [0.717, 1.165) is 22.5 Å². The second-order valence-corrected chi connectivity index (χ2v) is 4.96. The molecule has 0 spiro atoms. The van der Waals surface area contributed by atoms with Crippen LogP contribution in [0.1, 0.15) is 30.9 Å². The third-order valence-electron chi connectivity index (χ3n) is 3.05. The van der Waals surface area contributed by atoms with Gasteiger partial charge in [-0.05, 0) is 60.4 Å². The van der Waals surface area contributed by atoms with Crippen LogP contribution in [0.4, 0.5) is 5.69 Å². The molecule has 0 saturated carbocycles. The maximum absolute atomic E-state index is 11.1. The minimum atomic E-state index is -0.0232. The van der Waals surface area contributed by atoms with Crippen molar-refractivity contribution in [1.82, 2.24) is 0 Å². The maximum Gasteiger partial charge on any atom is 1.00 e.